The van der Waals surface area contributed by atoms with Gasteiger partial charge in [-0.1, -0.05) is 13.3 Å². The molecule has 0 aromatic carbocycles. The summed E-state index contributed by atoms with van der Waals surface area (Å²) < 4.78 is 15.6. The maximum Gasteiger partial charge on any atom is 0.308 e. The molecule has 0 spiro atoms. The normalized spacial score (nSPS) is 16.5. The molecule has 0 radical (unpaired) electrons. The molecule has 0 saturated carbocycles. The van der Waals surface area contributed by atoms with Crippen LogP contribution in [0.2, 0.25) is 0 Å². The first kappa shape index (κ1) is 26.7. The van der Waals surface area contributed by atoms with E-state index in [1.54, 1.807) is 7.11 Å². The number of likely N-dealkylation sites (tertiary alicyclic amines) is 1. The van der Waals surface area contributed by atoms with Crippen LogP contribution in [0.25, 0.3) is 0 Å². The van der Waals surface area contributed by atoms with Crippen LogP contribution in [0, 0.1) is 5.92 Å². The first-order chi connectivity index (χ1) is 15.0. The Morgan fingerprint density at radius 3 is 2.48 bits per heavy atom. The zero-order valence-corrected chi connectivity index (χ0v) is 19.2. The second-order valence-corrected chi connectivity index (χ2v) is 7.24. The zero-order chi connectivity index (χ0) is 23.1. The maximum absolute atomic E-state index is 11.7. The van der Waals surface area contributed by atoms with Gasteiger partial charge in [0.05, 0.1) is 13.0 Å². The topological polar surface area (TPSA) is 114 Å². The first-order valence-electron chi connectivity index (χ1n) is 10.6. The highest BCUT2D eigenvalue weighted by Crippen LogP contribution is 2.19. The highest BCUT2D eigenvalue weighted by Gasteiger charge is 2.26. The number of unbranched alkanes of at least 4 members (excludes halogenated alkanes) is 1. The molecule has 0 aliphatic carbocycles. The number of hydrogen-bond acceptors (Lipinski definition) is 9. The number of nitrogens with two attached hydrogens (primary N) is 1. The van der Waals surface area contributed by atoms with E-state index in [0.717, 1.165) is 45.3 Å². The summed E-state index contributed by atoms with van der Waals surface area (Å²) in [6.45, 7) is 13.5. The zero-order valence-electron chi connectivity index (χ0n) is 19.2. The van der Waals surface area contributed by atoms with Crippen molar-refractivity contribution in [3.05, 3.63) is 11.5 Å². The molecule has 0 bridgehead atoms. The van der Waals surface area contributed by atoms with Gasteiger partial charge in [0.25, 0.3) is 0 Å². The van der Waals surface area contributed by atoms with Crippen molar-refractivity contribution in [1.82, 2.24) is 9.80 Å². The number of aliphatic imine (C=N–C) groups is 3. The highest BCUT2D eigenvalue weighted by molar-refractivity contribution is 5.97. The van der Waals surface area contributed by atoms with Crippen LogP contribution < -0.4 is 5.73 Å². The Labute approximate surface area is 185 Å². The van der Waals surface area contributed by atoms with E-state index in [2.05, 4.69) is 40.2 Å². The van der Waals surface area contributed by atoms with Gasteiger partial charge in [-0.05, 0) is 45.8 Å². The summed E-state index contributed by atoms with van der Waals surface area (Å²) in [5, 5.41) is 0. The molecule has 0 atom stereocenters. The molecule has 176 valence electrons. The minimum absolute atomic E-state index is 0.0197. The molecule has 1 aliphatic heterocycles. The van der Waals surface area contributed by atoms with Gasteiger partial charge in [-0.25, -0.2) is 9.98 Å². The molecule has 1 aliphatic rings. The fourth-order valence-electron chi connectivity index (χ4n) is 3.30. The fraction of sp³-hybridized carbons (Fsp3) is 0.714. The molecule has 0 aromatic rings. The van der Waals surface area contributed by atoms with Gasteiger partial charge in [-0.15, -0.1) is 0 Å². The largest absolute Gasteiger partial charge is 0.469 e. The first-order valence-corrected chi connectivity index (χ1v) is 10.6. The number of carbonyl (C=O) groups excluding carboxylic acids is 1. The third kappa shape index (κ3) is 9.16. The van der Waals surface area contributed by atoms with E-state index in [0.29, 0.717) is 24.7 Å². The van der Waals surface area contributed by atoms with Crippen LogP contribution in [0.4, 0.5) is 0 Å². The quantitative estimate of drug-likeness (QED) is 0.135. The van der Waals surface area contributed by atoms with Crippen LogP contribution in [-0.2, 0) is 19.0 Å². The fourth-order valence-corrected chi connectivity index (χ4v) is 3.30. The molecule has 1 heterocycles. The maximum atomic E-state index is 11.7. The average Bonchev–Trinajstić information content (AvgIpc) is 2.79. The van der Waals surface area contributed by atoms with Gasteiger partial charge in [-0.3, -0.25) is 9.79 Å². The van der Waals surface area contributed by atoms with Crippen molar-refractivity contribution in [2.45, 2.75) is 32.6 Å². The van der Waals surface area contributed by atoms with Crippen molar-refractivity contribution < 1.29 is 19.0 Å². The smallest absolute Gasteiger partial charge is 0.308 e. The van der Waals surface area contributed by atoms with Gasteiger partial charge in [0.2, 0.25) is 0 Å². The second kappa shape index (κ2) is 15.5. The van der Waals surface area contributed by atoms with Crippen molar-refractivity contribution in [2.24, 2.45) is 26.6 Å². The Balaban J connectivity index is 2.79. The third-order valence-electron chi connectivity index (χ3n) is 5.12. The van der Waals surface area contributed by atoms with E-state index < -0.39 is 0 Å². The van der Waals surface area contributed by atoms with Crippen LogP contribution in [-0.4, -0.2) is 95.5 Å². The summed E-state index contributed by atoms with van der Waals surface area (Å²) in [6.07, 6.45) is 3.60. The predicted molar refractivity (Wildman–Crippen MR) is 123 cm³/mol. The lowest BCUT2D eigenvalue weighted by atomic mass is 9.97. The molecule has 10 nitrogen and oxygen atoms in total. The highest BCUT2D eigenvalue weighted by atomic mass is 16.5. The molecule has 31 heavy (non-hydrogen) atoms. The van der Waals surface area contributed by atoms with Gasteiger partial charge < -0.3 is 29.7 Å². The van der Waals surface area contributed by atoms with Crippen molar-refractivity contribution >= 4 is 25.2 Å². The van der Waals surface area contributed by atoms with Crippen molar-refractivity contribution in [3.63, 3.8) is 0 Å². The van der Waals surface area contributed by atoms with Gasteiger partial charge >= 0.3 is 5.97 Å². The molecule has 10 heteroatoms. The summed E-state index contributed by atoms with van der Waals surface area (Å²) >= 11 is 0. The standard InChI is InChI=1S/C21H38N6O4/c1-6-7-14-31-15-25-19(22)18(23-2)20(24-3)27(16-29-4)13-12-26-10-8-17(9-11-26)21(28)30-5/h17H,2-3,6-16H2,1,4-5H3,(H2,22,25)/b20-18-. The molecule has 1 fully saturated rings. The third-order valence-corrected chi connectivity index (χ3v) is 5.12. The van der Waals surface area contributed by atoms with Gasteiger partial charge in [-0.2, -0.15) is 0 Å². The molecule has 0 unspecified atom stereocenters. The van der Waals surface area contributed by atoms with Crippen molar-refractivity contribution in [3.8, 4) is 0 Å². The number of rotatable bonds is 15. The Morgan fingerprint density at radius 1 is 1.23 bits per heavy atom. The van der Waals surface area contributed by atoms with E-state index in [4.69, 9.17) is 19.9 Å². The number of ether oxygens (including phenoxy) is 3. The van der Waals surface area contributed by atoms with Crippen LogP contribution in [0.1, 0.15) is 32.6 Å². The molecular formula is C21H38N6O4. The van der Waals surface area contributed by atoms with Gasteiger partial charge in [0.1, 0.15) is 19.2 Å². The Kier molecular flexibility index (Phi) is 13.4. The van der Waals surface area contributed by atoms with E-state index in [1.807, 2.05) is 4.90 Å². The predicted octanol–water partition coefficient (Wildman–Crippen LogP) is 1.48. The summed E-state index contributed by atoms with van der Waals surface area (Å²) in [5.74, 6) is 0.496. The number of amidine groups is 1. The summed E-state index contributed by atoms with van der Waals surface area (Å²) in [7, 11) is 3.04. The minimum Gasteiger partial charge on any atom is -0.469 e. The van der Waals surface area contributed by atoms with E-state index in [1.165, 1.54) is 7.11 Å². The molecule has 0 aromatic heterocycles. The minimum atomic E-state index is -0.128. The lowest BCUT2D eigenvalue weighted by Crippen LogP contribution is -2.41. The average molecular weight is 439 g/mol. The summed E-state index contributed by atoms with van der Waals surface area (Å²) in [6, 6.07) is 0. The van der Waals surface area contributed by atoms with Crippen LogP contribution >= 0.6 is 0 Å². The number of piperidine rings is 1. The second-order valence-electron chi connectivity index (χ2n) is 7.24. The van der Waals surface area contributed by atoms with E-state index in [-0.39, 0.29) is 31.2 Å². The number of nitrogens with zero attached hydrogens (tertiary/aromatic N) is 5. The number of esters is 1. The molecule has 0 amide bonds. The summed E-state index contributed by atoms with van der Waals surface area (Å²) in [4.78, 5) is 28.3. The summed E-state index contributed by atoms with van der Waals surface area (Å²) in [5.41, 5.74) is 6.46. The molecule has 1 rings (SSSR count). The van der Waals surface area contributed by atoms with Crippen molar-refractivity contribution in [1.29, 1.82) is 0 Å². The molecule has 1 saturated heterocycles. The van der Waals surface area contributed by atoms with Crippen LogP contribution in [0.15, 0.2) is 26.5 Å². The van der Waals surface area contributed by atoms with E-state index in [9.17, 15) is 4.79 Å². The number of hydrogen-bond donors (Lipinski definition) is 1. The Hall–Kier alpha value is -2.30. The van der Waals surface area contributed by atoms with Gasteiger partial charge in [0.15, 0.2) is 11.7 Å². The lowest BCUT2D eigenvalue weighted by molar-refractivity contribution is -0.147. The Bertz CT molecular complexity index is 629. The molecule has 2 N–H and O–H groups in total. The lowest BCUT2D eigenvalue weighted by Gasteiger charge is -2.33. The van der Waals surface area contributed by atoms with Crippen LogP contribution in [0.5, 0.6) is 0 Å². The Morgan fingerprint density at radius 2 is 1.94 bits per heavy atom. The number of carbonyl (C=O) groups is 1. The number of methoxy groups -OCH3 is 2. The van der Waals surface area contributed by atoms with Gasteiger partial charge in [0, 0.05) is 26.8 Å². The molecular weight excluding hydrogens is 400 g/mol. The van der Waals surface area contributed by atoms with Crippen LogP contribution in [0.3, 0.4) is 0 Å². The SMILES string of the molecule is C=NC(=C(/N=C)N(CCN1CCC(C(=O)OC)CC1)COC)/C(N)=N\COCCCC. The monoisotopic (exact) mass is 438 g/mol. The van der Waals surface area contributed by atoms with Crippen molar-refractivity contribution in [2.75, 3.05) is 60.5 Å². The van der Waals surface area contributed by atoms with E-state index >= 15 is 0 Å².